The maximum atomic E-state index is 13.7. The van der Waals surface area contributed by atoms with Crippen LogP contribution >= 0.6 is 11.3 Å². The lowest BCUT2D eigenvalue weighted by Crippen LogP contribution is -2.16. The van der Waals surface area contributed by atoms with Crippen LogP contribution in [0, 0.1) is 5.82 Å². The first kappa shape index (κ1) is 18.3. The van der Waals surface area contributed by atoms with Crippen LogP contribution in [0.15, 0.2) is 103 Å². The molecule has 0 spiro atoms. The van der Waals surface area contributed by atoms with Gasteiger partial charge < -0.3 is 4.90 Å². The second-order valence-electron chi connectivity index (χ2n) is 7.84. The molecule has 0 atom stereocenters. The van der Waals surface area contributed by atoms with E-state index in [1.54, 1.807) is 0 Å². The Morgan fingerprint density at radius 2 is 1.48 bits per heavy atom. The van der Waals surface area contributed by atoms with Crippen molar-refractivity contribution in [3.05, 3.63) is 109 Å². The monoisotopic (exact) mass is 421 g/mol. The minimum Gasteiger partial charge on any atom is -0.310 e. The van der Waals surface area contributed by atoms with Gasteiger partial charge in [-0.05, 0) is 55.3 Å². The van der Waals surface area contributed by atoms with E-state index in [2.05, 4.69) is 77.7 Å². The first-order valence-electron chi connectivity index (χ1n) is 10.5. The first-order chi connectivity index (χ1) is 15.3. The lowest BCUT2D eigenvalue weighted by Gasteiger charge is -2.29. The Labute approximate surface area is 184 Å². The average molecular weight is 422 g/mol. The van der Waals surface area contributed by atoms with Gasteiger partial charge in [-0.25, -0.2) is 4.39 Å². The van der Waals surface area contributed by atoms with Crippen molar-refractivity contribution in [2.24, 2.45) is 0 Å². The zero-order valence-corrected chi connectivity index (χ0v) is 17.7. The standard InChI is InChI=1S/C28H20FNS/c29-19-14-16-21(17-15-19)30(20-8-2-1-3-9-20)26-18-25-23-11-6-7-13-27(23)31-28(25)24-12-5-4-10-22(24)26/h2,4-18H,1,3H2. The van der Waals surface area contributed by atoms with Crippen molar-refractivity contribution < 1.29 is 4.39 Å². The van der Waals surface area contributed by atoms with Crippen LogP contribution in [0.1, 0.15) is 12.8 Å². The van der Waals surface area contributed by atoms with E-state index in [4.69, 9.17) is 0 Å². The summed E-state index contributed by atoms with van der Waals surface area (Å²) in [5, 5.41) is 5.00. The van der Waals surface area contributed by atoms with Gasteiger partial charge in [-0.2, -0.15) is 0 Å². The topological polar surface area (TPSA) is 3.24 Å². The number of rotatable bonds is 3. The summed E-state index contributed by atoms with van der Waals surface area (Å²) in [5.41, 5.74) is 3.21. The predicted octanol–water partition coefficient (Wildman–Crippen LogP) is 8.72. The highest BCUT2D eigenvalue weighted by Gasteiger charge is 2.20. The van der Waals surface area contributed by atoms with E-state index in [9.17, 15) is 4.39 Å². The molecule has 1 nitrogen and oxygen atoms in total. The molecule has 0 unspecified atom stereocenters. The van der Waals surface area contributed by atoms with Gasteiger partial charge in [0.2, 0.25) is 0 Å². The smallest absolute Gasteiger partial charge is 0.123 e. The molecule has 0 amide bonds. The summed E-state index contributed by atoms with van der Waals surface area (Å²) in [6, 6.07) is 26.3. The summed E-state index contributed by atoms with van der Waals surface area (Å²) < 4.78 is 16.4. The molecule has 150 valence electrons. The zero-order chi connectivity index (χ0) is 20.8. The molecule has 0 fully saturated rings. The van der Waals surface area contributed by atoms with Crippen LogP contribution in [0.2, 0.25) is 0 Å². The Morgan fingerprint density at radius 1 is 0.742 bits per heavy atom. The average Bonchev–Trinajstić information content (AvgIpc) is 3.20. The third kappa shape index (κ3) is 3.05. The lowest BCUT2D eigenvalue weighted by molar-refractivity contribution is 0.628. The molecule has 0 aliphatic heterocycles. The van der Waals surface area contributed by atoms with Crippen LogP contribution in [0.3, 0.4) is 0 Å². The van der Waals surface area contributed by atoms with E-state index in [-0.39, 0.29) is 5.82 Å². The van der Waals surface area contributed by atoms with Crippen molar-refractivity contribution in [3.8, 4) is 0 Å². The van der Waals surface area contributed by atoms with Crippen molar-refractivity contribution in [2.75, 3.05) is 4.90 Å². The molecule has 0 saturated carbocycles. The molecule has 3 heteroatoms. The first-order valence-corrected chi connectivity index (χ1v) is 11.4. The van der Waals surface area contributed by atoms with Gasteiger partial charge in [0.05, 0.1) is 5.69 Å². The van der Waals surface area contributed by atoms with E-state index in [0.717, 1.165) is 29.9 Å². The van der Waals surface area contributed by atoms with Crippen LogP contribution in [-0.4, -0.2) is 0 Å². The highest BCUT2D eigenvalue weighted by atomic mass is 32.1. The summed E-state index contributed by atoms with van der Waals surface area (Å²) >= 11 is 1.85. The third-order valence-corrected chi connectivity index (χ3v) is 7.14. The summed E-state index contributed by atoms with van der Waals surface area (Å²) in [6.45, 7) is 0. The summed E-state index contributed by atoms with van der Waals surface area (Å²) in [4.78, 5) is 2.27. The highest BCUT2D eigenvalue weighted by molar-refractivity contribution is 7.26. The van der Waals surface area contributed by atoms with Gasteiger partial charge in [-0.1, -0.05) is 54.6 Å². The van der Waals surface area contributed by atoms with E-state index >= 15 is 0 Å². The molecule has 1 aliphatic rings. The molecule has 0 saturated heterocycles. The molecular weight excluding hydrogens is 401 g/mol. The fraction of sp³-hybridized carbons (Fsp3) is 0.0714. The van der Waals surface area contributed by atoms with Gasteiger partial charge >= 0.3 is 0 Å². The second kappa shape index (κ2) is 7.36. The third-order valence-electron chi connectivity index (χ3n) is 5.92. The van der Waals surface area contributed by atoms with Gasteiger partial charge in [0.1, 0.15) is 5.82 Å². The van der Waals surface area contributed by atoms with Crippen molar-refractivity contribution in [3.63, 3.8) is 0 Å². The number of halogens is 1. The van der Waals surface area contributed by atoms with Gasteiger partial charge in [-0.3, -0.25) is 0 Å². The fourth-order valence-electron chi connectivity index (χ4n) is 4.50. The molecule has 1 heterocycles. The number of fused-ring (bicyclic) bond motifs is 5. The number of benzene rings is 4. The molecule has 1 aliphatic carbocycles. The van der Waals surface area contributed by atoms with Gasteiger partial charge in [0, 0.05) is 42.3 Å². The lowest BCUT2D eigenvalue weighted by atomic mass is 10.0. The molecule has 4 aromatic carbocycles. The maximum absolute atomic E-state index is 13.7. The highest BCUT2D eigenvalue weighted by Crippen LogP contribution is 2.45. The summed E-state index contributed by atoms with van der Waals surface area (Å²) in [5.74, 6) is -0.221. The number of hydrogen-bond acceptors (Lipinski definition) is 2. The molecule has 1 aromatic heterocycles. The number of nitrogens with zero attached hydrogens (tertiary/aromatic N) is 1. The van der Waals surface area contributed by atoms with Crippen molar-refractivity contribution >= 4 is 53.7 Å². The molecule has 5 aromatic rings. The number of hydrogen-bond donors (Lipinski definition) is 0. The molecule has 0 bridgehead atoms. The van der Waals surface area contributed by atoms with Gasteiger partial charge in [-0.15, -0.1) is 11.3 Å². The van der Waals surface area contributed by atoms with Crippen LogP contribution in [0.25, 0.3) is 30.9 Å². The number of anilines is 2. The van der Waals surface area contributed by atoms with Crippen molar-refractivity contribution in [1.82, 2.24) is 0 Å². The van der Waals surface area contributed by atoms with E-state index < -0.39 is 0 Å². The molecular formula is C28H20FNS. The predicted molar refractivity (Wildman–Crippen MR) is 132 cm³/mol. The minimum absolute atomic E-state index is 0.221. The summed E-state index contributed by atoms with van der Waals surface area (Å²) in [7, 11) is 0. The second-order valence-corrected chi connectivity index (χ2v) is 8.89. The molecule has 31 heavy (non-hydrogen) atoms. The normalized spacial score (nSPS) is 13.8. The maximum Gasteiger partial charge on any atom is 0.123 e. The Balaban J connectivity index is 1.71. The Bertz CT molecular complexity index is 1490. The minimum atomic E-state index is -0.221. The largest absolute Gasteiger partial charge is 0.310 e. The number of allylic oxidation sites excluding steroid dienone is 3. The van der Waals surface area contributed by atoms with Crippen LogP contribution < -0.4 is 4.90 Å². The molecule has 0 N–H and O–H groups in total. The van der Waals surface area contributed by atoms with Gasteiger partial charge in [0.15, 0.2) is 0 Å². The van der Waals surface area contributed by atoms with Crippen molar-refractivity contribution in [1.29, 1.82) is 0 Å². The zero-order valence-electron chi connectivity index (χ0n) is 16.9. The van der Waals surface area contributed by atoms with E-state index in [0.29, 0.717) is 0 Å². The number of thiophene rings is 1. The van der Waals surface area contributed by atoms with E-state index in [1.807, 2.05) is 23.5 Å². The van der Waals surface area contributed by atoms with Crippen LogP contribution in [-0.2, 0) is 0 Å². The van der Waals surface area contributed by atoms with Crippen molar-refractivity contribution in [2.45, 2.75) is 12.8 Å². The fourth-order valence-corrected chi connectivity index (χ4v) is 5.72. The molecule has 0 radical (unpaired) electrons. The Morgan fingerprint density at radius 3 is 2.26 bits per heavy atom. The van der Waals surface area contributed by atoms with Gasteiger partial charge in [0.25, 0.3) is 0 Å². The molecule has 6 rings (SSSR count). The Kier molecular flexibility index (Phi) is 4.36. The SMILES string of the molecule is Fc1ccc(N(C2=CCCC=C2)c2cc3c4ccccc4sc3c3ccccc23)cc1. The van der Waals surface area contributed by atoms with Crippen LogP contribution in [0.4, 0.5) is 15.8 Å². The quantitative estimate of drug-likeness (QED) is 0.281. The van der Waals surface area contributed by atoms with E-state index in [1.165, 1.54) is 43.1 Å². The Hall–Kier alpha value is -3.43. The van der Waals surface area contributed by atoms with Crippen LogP contribution in [0.5, 0.6) is 0 Å². The summed E-state index contributed by atoms with van der Waals surface area (Å²) in [6.07, 6.45) is 8.72.